The molecule has 1 fully saturated rings. The van der Waals surface area contributed by atoms with E-state index in [-0.39, 0.29) is 5.91 Å². The Bertz CT molecular complexity index is 510. The Hall–Kier alpha value is -1.66. The number of aromatic nitrogens is 1. The van der Waals surface area contributed by atoms with Gasteiger partial charge in [-0.3, -0.25) is 14.7 Å². The van der Waals surface area contributed by atoms with Gasteiger partial charge in [0.15, 0.2) is 0 Å². The predicted octanol–water partition coefficient (Wildman–Crippen LogP) is 1.86. The third-order valence-corrected chi connectivity index (χ3v) is 4.44. The topological polar surface area (TPSA) is 80.5 Å². The van der Waals surface area contributed by atoms with E-state index in [9.17, 15) is 4.79 Å². The van der Waals surface area contributed by atoms with Crippen molar-refractivity contribution in [2.24, 2.45) is 5.73 Å². The number of hydrogen-bond donors (Lipinski definition) is 2. The number of carbonyl (C=O) groups excluding carboxylic acids is 1. The third-order valence-electron chi connectivity index (χ3n) is 4.44. The number of nitrogens with zero attached hydrogens (tertiary/aromatic N) is 2. The lowest BCUT2D eigenvalue weighted by Gasteiger charge is -2.19. The molecule has 1 saturated heterocycles. The largest absolute Gasteiger partial charge is 0.490 e. The zero-order chi connectivity index (χ0) is 17.2. The van der Waals surface area contributed by atoms with Gasteiger partial charge in [-0.2, -0.15) is 0 Å². The highest BCUT2D eigenvalue weighted by atomic mass is 16.5. The van der Waals surface area contributed by atoms with Crippen LogP contribution >= 0.6 is 0 Å². The highest BCUT2D eigenvalue weighted by Gasteiger charge is 2.22. The quantitative estimate of drug-likeness (QED) is 0.639. The standard InChI is InChI=1S/C18H30N4O2/c1-22-10-5-6-17(22)15-12-16(14-20-13-15)24-11-9-21-18(23)7-3-2-4-8-19/h12-14,17H,2-11,19H2,1H3,(H,21,23). The van der Waals surface area contributed by atoms with Crippen molar-refractivity contribution in [2.45, 2.75) is 44.6 Å². The molecule has 134 valence electrons. The second-order valence-electron chi connectivity index (χ2n) is 6.39. The summed E-state index contributed by atoms with van der Waals surface area (Å²) < 4.78 is 5.72. The first-order valence-corrected chi connectivity index (χ1v) is 8.95. The summed E-state index contributed by atoms with van der Waals surface area (Å²) in [6, 6.07) is 2.50. The molecule has 1 amide bonds. The molecule has 1 aliphatic rings. The van der Waals surface area contributed by atoms with Crippen LogP contribution in [0.25, 0.3) is 0 Å². The van der Waals surface area contributed by atoms with Gasteiger partial charge in [0.1, 0.15) is 12.4 Å². The SMILES string of the molecule is CN1CCCC1c1cncc(OCCNC(=O)CCCCCN)c1. The fourth-order valence-corrected chi connectivity index (χ4v) is 3.08. The molecule has 1 aromatic heterocycles. The van der Waals surface area contributed by atoms with E-state index in [2.05, 4.69) is 28.3 Å². The average Bonchev–Trinajstić information content (AvgIpc) is 3.02. The van der Waals surface area contributed by atoms with E-state index in [0.717, 1.165) is 31.6 Å². The van der Waals surface area contributed by atoms with Crippen LogP contribution in [0, 0.1) is 0 Å². The Morgan fingerprint density at radius 1 is 1.42 bits per heavy atom. The smallest absolute Gasteiger partial charge is 0.220 e. The zero-order valence-corrected chi connectivity index (χ0v) is 14.7. The molecule has 1 aliphatic heterocycles. The molecule has 2 rings (SSSR count). The summed E-state index contributed by atoms with van der Waals surface area (Å²) in [7, 11) is 2.15. The van der Waals surface area contributed by atoms with E-state index in [4.69, 9.17) is 10.5 Å². The Morgan fingerprint density at radius 2 is 2.29 bits per heavy atom. The molecule has 24 heavy (non-hydrogen) atoms. The normalized spacial score (nSPS) is 17.8. The second kappa shape index (κ2) is 10.3. The van der Waals surface area contributed by atoms with E-state index in [0.29, 0.717) is 32.2 Å². The fraction of sp³-hybridized carbons (Fsp3) is 0.667. The number of rotatable bonds is 10. The molecule has 0 spiro atoms. The van der Waals surface area contributed by atoms with E-state index >= 15 is 0 Å². The molecule has 0 aromatic carbocycles. The minimum atomic E-state index is 0.0788. The van der Waals surface area contributed by atoms with Gasteiger partial charge in [0.2, 0.25) is 5.91 Å². The summed E-state index contributed by atoms with van der Waals surface area (Å²) in [5, 5.41) is 2.88. The Kier molecular flexibility index (Phi) is 7.98. The maximum absolute atomic E-state index is 11.7. The molecule has 1 unspecified atom stereocenters. The van der Waals surface area contributed by atoms with E-state index in [1.54, 1.807) is 6.20 Å². The van der Waals surface area contributed by atoms with Crippen LogP contribution in [0.1, 0.15) is 50.1 Å². The minimum Gasteiger partial charge on any atom is -0.490 e. The molecule has 0 radical (unpaired) electrons. The minimum absolute atomic E-state index is 0.0788. The van der Waals surface area contributed by atoms with Gasteiger partial charge in [-0.05, 0) is 57.5 Å². The van der Waals surface area contributed by atoms with Crippen LogP contribution < -0.4 is 15.8 Å². The fourth-order valence-electron chi connectivity index (χ4n) is 3.08. The van der Waals surface area contributed by atoms with Crippen LogP contribution in [0.2, 0.25) is 0 Å². The van der Waals surface area contributed by atoms with Gasteiger partial charge in [0.05, 0.1) is 12.7 Å². The zero-order valence-electron chi connectivity index (χ0n) is 14.7. The van der Waals surface area contributed by atoms with Gasteiger partial charge >= 0.3 is 0 Å². The summed E-state index contributed by atoms with van der Waals surface area (Å²) in [6.45, 7) is 2.80. The second-order valence-corrected chi connectivity index (χ2v) is 6.39. The van der Waals surface area contributed by atoms with Gasteiger partial charge in [-0.25, -0.2) is 0 Å². The Balaban J connectivity index is 1.66. The summed E-state index contributed by atoms with van der Waals surface area (Å²) >= 11 is 0. The molecule has 3 N–H and O–H groups in total. The molecule has 0 saturated carbocycles. The molecule has 6 heteroatoms. The highest BCUT2D eigenvalue weighted by molar-refractivity contribution is 5.75. The Labute approximate surface area is 144 Å². The van der Waals surface area contributed by atoms with Crippen molar-refractivity contribution in [3.05, 3.63) is 24.0 Å². The lowest BCUT2D eigenvalue weighted by molar-refractivity contribution is -0.121. The lowest BCUT2D eigenvalue weighted by Crippen LogP contribution is -2.27. The van der Waals surface area contributed by atoms with Crippen LogP contribution in [0.3, 0.4) is 0 Å². The molecule has 6 nitrogen and oxygen atoms in total. The molecule has 0 bridgehead atoms. The van der Waals surface area contributed by atoms with Crippen molar-refractivity contribution in [1.29, 1.82) is 0 Å². The third kappa shape index (κ3) is 6.09. The van der Waals surface area contributed by atoms with Crippen LogP contribution in [-0.2, 0) is 4.79 Å². The first-order chi connectivity index (χ1) is 11.7. The first kappa shape index (κ1) is 18.7. The maximum Gasteiger partial charge on any atom is 0.220 e. The summed E-state index contributed by atoms with van der Waals surface area (Å²) in [5.41, 5.74) is 6.64. The number of amides is 1. The van der Waals surface area contributed by atoms with Crippen LogP contribution in [0.15, 0.2) is 18.5 Å². The van der Waals surface area contributed by atoms with E-state index < -0.39 is 0 Å². The van der Waals surface area contributed by atoms with Gasteiger partial charge in [0.25, 0.3) is 0 Å². The van der Waals surface area contributed by atoms with Gasteiger partial charge in [-0.1, -0.05) is 6.42 Å². The monoisotopic (exact) mass is 334 g/mol. The number of ether oxygens (including phenoxy) is 1. The number of hydrogen-bond acceptors (Lipinski definition) is 5. The molecular weight excluding hydrogens is 304 g/mol. The van der Waals surface area contributed by atoms with Crippen LogP contribution in [-0.4, -0.2) is 49.1 Å². The summed E-state index contributed by atoms with van der Waals surface area (Å²) in [5.74, 6) is 0.847. The van der Waals surface area contributed by atoms with E-state index in [1.165, 1.54) is 18.4 Å². The summed E-state index contributed by atoms with van der Waals surface area (Å²) in [4.78, 5) is 18.3. The van der Waals surface area contributed by atoms with Gasteiger partial charge < -0.3 is 15.8 Å². The average molecular weight is 334 g/mol. The number of likely N-dealkylation sites (tertiary alicyclic amines) is 1. The number of nitrogens with two attached hydrogens (primary N) is 1. The van der Waals surface area contributed by atoms with Crippen molar-refractivity contribution >= 4 is 5.91 Å². The van der Waals surface area contributed by atoms with Gasteiger partial charge in [-0.15, -0.1) is 0 Å². The molecule has 0 aliphatic carbocycles. The van der Waals surface area contributed by atoms with Crippen molar-refractivity contribution in [2.75, 3.05) is 33.3 Å². The predicted molar refractivity (Wildman–Crippen MR) is 94.9 cm³/mol. The summed E-state index contributed by atoms with van der Waals surface area (Å²) in [6.07, 6.45) is 9.49. The van der Waals surface area contributed by atoms with Crippen molar-refractivity contribution in [3.63, 3.8) is 0 Å². The number of pyridine rings is 1. The number of carbonyl (C=O) groups is 1. The first-order valence-electron chi connectivity index (χ1n) is 8.95. The molecule has 1 aromatic rings. The Morgan fingerprint density at radius 3 is 3.04 bits per heavy atom. The van der Waals surface area contributed by atoms with Crippen LogP contribution in [0.4, 0.5) is 0 Å². The van der Waals surface area contributed by atoms with Crippen molar-refractivity contribution in [3.8, 4) is 5.75 Å². The highest BCUT2D eigenvalue weighted by Crippen LogP contribution is 2.31. The van der Waals surface area contributed by atoms with Crippen LogP contribution in [0.5, 0.6) is 5.75 Å². The van der Waals surface area contributed by atoms with Gasteiger partial charge in [0, 0.05) is 18.7 Å². The van der Waals surface area contributed by atoms with E-state index in [1.807, 2.05) is 6.20 Å². The number of unbranched alkanes of at least 4 members (excludes halogenated alkanes) is 2. The maximum atomic E-state index is 11.7. The lowest BCUT2D eigenvalue weighted by atomic mass is 10.1. The molecular formula is C18H30N4O2. The number of nitrogens with one attached hydrogen (secondary N) is 1. The van der Waals surface area contributed by atoms with Crippen molar-refractivity contribution in [1.82, 2.24) is 15.2 Å². The van der Waals surface area contributed by atoms with Crippen molar-refractivity contribution < 1.29 is 9.53 Å². The molecule has 2 heterocycles. The molecule has 1 atom stereocenters.